The minimum absolute atomic E-state index is 0.00603. The van der Waals surface area contributed by atoms with Crippen LogP contribution in [-0.4, -0.2) is 38.6 Å². The number of nitrogens with zero attached hydrogens (tertiary/aromatic N) is 1. The van der Waals surface area contributed by atoms with E-state index in [2.05, 4.69) is 0 Å². The topological polar surface area (TPSA) is 72.6 Å². The average molecular weight is 317 g/mol. The Hall–Kier alpha value is 0.110. The van der Waals surface area contributed by atoms with E-state index in [0.717, 1.165) is 11.3 Å². The summed E-state index contributed by atoms with van der Waals surface area (Å²) < 4.78 is 31.3. The van der Waals surface area contributed by atoms with Gasteiger partial charge in [-0.3, -0.25) is 0 Å². The van der Waals surface area contributed by atoms with Gasteiger partial charge >= 0.3 is 0 Å². The molecule has 0 aliphatic carbocycles. The normalized spacial score (nSPS) is 22.9. The van der Waals surface area contributed by atoms with Gasteiger partial charge in [0.15, 0.2) is 0 Å². The molecule has 1 aromatic heterocycles. The van der Waals surface area contributed by atoms with Crippen LogP contribution < -0.4 is 5.73 Å². The summed E-state index contributed by atoms with van der Waals surface area (Å²) in [5, 5.41) is 0. The zero-order valence-corrected chi connectivity index (χ0v) is 11.7. The first kappa shape index (κ1) is 13.5. The van der Waals surface area contributed by atoms with Gasteiger partial charge < -0.3 is 10.5 Å². The number of nitrogens with two attached hydrogens (primary N) is 1. The molecule has 17 heavy (non-hydrogen) atoms. The van der Waals surface area contributed by atoms with E-state index in [9.17, 15) is 8.42 Å². The number of morpholine rings is 1. The van der Waals surface area contributed by atoms with Crippen molar-refractivity contribution in [1.82, 2.24) is 4.31 Å². The van der Waals surface area contributed by atoms with Crippen LogP contribution in [0.5, 0.6) is 0 Å². The van der Waals surface area contributed by atoms with E-state index in [1.54, 1.807) is 0 Å². The molecule has 0 saturated carbocycles. The molecule has 0 spiro atoms. The van der Waals surface area contributed by atoms with Crippen molar-refractivity contribution in [3.05, 3.63) is 14.7 Å². The van der Waals surface area contributed by atoms with E-state index < -0.39 is 16.2 Å². The summed E-state index contributed by atoms with van der Waals surface area (Å²) in [6.07, 6.45) is -0.691. The zero-order valence-electron chi connectivity index (χ0n) is 8.60. The fourth-order valence-electron chi connectivity index (χ4n) is 1.53. The van der Waals surface area contributed by atoms with E-state index in [1.807, 2.05) is 0 Å². The lowest BCUT2D eigenvalue weighted by Gasteiger charge is -2.31. The Balaban J connectivity index is 2.39. The van der Waals surface area contributed by atoms with Gasteiger partial charge in [0.2, 0.25) is 10.0 Å². The Labute approximate surface area is 113 Å². The van der Waals surface area contributed by atoms with Crippen LogP contribution in [-0.2, 0) is 14.8 Å². The quantitative estimate of drug-likeness (QED) is 0.894. The molecule has 0 bridgehead atoms. The molecule has 2 N–H and O–H groups in total. The predicted molar refractivity (Wildman–Crippen MR) is 67.0 cm³/mol. The Morgan fingerprint density at radius 3 is 2.76 bits per heavy atom. The number of halogens is 2. The lowest BCUT2D eigenvalue weighted by molar-refractivity contribution is 0.0350. The number of hydrogen-bond acceptors (Lipinski definition) is 5. The fraction of sp³-hybridized carbons (Fsp3) is 0.500. The molecule has 5 nitrogen and oxygen atoms in total. The third-order valence-corrected chi connectivity index (χ3v) is 6.00. The Bertz CT molecular complexity index is 517. The lowest BCUT2D eigenvalue weighted by Crippen LogP contribution is -2.53. The van der Waals surface area contributed by atoms with Crippen molar-refractivity contribution in [2.24, 2.45) is 5.73 Å². The summed E-state index contributed by atoms with van der Waals surface area (Å²) in [5.74, 6) is 0. The van der Waals surface area contributed by atoms with Gasteiger partial charge in [-0.25, -0.2) is 8.42 Å². The van der Waals surface area contributed by atoms with Crippen LogP contribution in [0, 0.1) is 0 Å². The van der Waals surface area contributed by atoms with E-state index in [4.69, 9.17) is 33.7 Å². The van der Waals surface area contributed by atoms with Crippen LogP contribution >= 0.6 is 34.5 Å². The van der Waals surface area contributed by atoms with E-state index in [-0.39, 0.29) is 22.4 Å². The van der Waals surface area contributed by atoms with Gasteiger partial charge in [-0.1, -0.05) is 23.2 Å². The lowest BCUT2D eigenvalue weighted by atomic mass is 10.4. The molecule has 2 rings (SSSR count). The van der Waals surface area contributed by atoms with Gasteiger partial charge in [-0.15, -0.1) is 11.3 Å². The van der Waals surface area contributed by atoms with Gasteiger partial charge in [0, 0.05) is 6.54 Å². The minimum Gasteiger partial charge on any atom is -0.377 e. The van der Waals surface area contributed by atoms with E-state index in [1.165, 1.54) is 10.4 Å². The SMILES string of the molecule is NC1COCCN1S(=O)(=O)c1cc(Cl)sc1Cl. The van der Waals surface area contributed by atoms with E-state index >= 15 is 0 Å². The maximum absolute atomic E-state index is 12.3. The molecule has 9 heteroatoms. The monoisotopic (exact) mass is 316 g/mol. The maximum atomic E-state index is 12.3. The first-order chi connectivity index (χ1) is 7.93. The van der Waals surface area contributed by atoms with Crippen molar-refractivity contribution in [3.8, 4) is 0 Å². The largest absolute Gasteiger partial charge is 0.377 e. The van der Waals surface area contributed by atoms with Crippen LogP contribution in [0.1, 0.15) is 0 Å². The summed E-state index contributed by atoms with van der Waals surface area (Å²) >= 11 is 12.6. The van der Waals surface area contributed by atoms with Gasteiger partial charge in [0.25, 0.3) is 0 Å². The Morgan fingerprint density at radius 1 is 1.53 bits per heavy atom. The van der Waals surface area contributed by atoms with Crippen LogP contribution in [0.25, 0.3) is 0 Å². The molecule has 1 fully saturated rings. The van der Waals surface area contributed by atoms with Crippen molar-refractivity contribution in [2.75, 3.05) is 19.8 Å². The molecule has 1 aliphatic heterocycles. The van der Waals surface area contributed by atoms with Crippen molar-refractivity contribution in [3.63, 3.8) is 0 Å². The summed E-state index contributed by atoms with van der Waals surface area (Å²) in [4.78, 5) is 0.00603. The number of hydrogen-bond donors (Lipinski definition) is 1. The fourth-order valence-corrected chi connectivity index (χ4v) is 5.13. The standard InChI is InChI=1S/C8H10Cl2N2O3S2/c9-6-3-5(8(10)16-6)17(13,14)12-1-2-15-4-7(12)11/h3,7H,1-2,4,11H2. The van der Waals surface area contributed by atoms with Crippen molar-refractivity contribution >= 4 is 44.6 Å². The number of ether oxygens (including phenoxy) is 1. The summed E-state index contributed by atoms with van der Waals surface area (Å²) in [6, 6.07) is 1.34. The van der Waals surface area contributed by atoms with Crippen molar-refractivity contribution in [2.45, 2.75) is 11.1 Å². The smallest absolute Gasteiger partial charge is 0.246 e. The van der Waals surface area contributed by atoms with Gasteiger partial charge in [-0.05, 0) is 6.07 Å². The second-order valence-corrected chi connectivity index (χ2v) is 7.59. The van der Waals surface area contributed by atoms with Gasteiger partial charge in [0.05, 0.1) is 23.7 Å². The second-order valence-electron chi connectivity index (χ2n) is 3.45. The average Bonchev–Trinajstić information content (AvgIpc) is 2.59. The Kier molecular flexibility index (Phi) is 3.99. The molecule has 96 valence electrons. The molecule has 2 heterocycles. The predicted octanol–water partition coefficient (Wildman–Crippen LogP) is 1.36. The summed E-state index contributed by atoms with van der Waals surface area (Å²) in [7, 11) is -3.70. The highest BCUT2D eigenvalue weighted by atomic mass is 35.5. The molecule has 0 radical (unpaired) electrons. The molecule has 1 atom stereocenters. The van der Waals surface area contributed by atoms with Crippen LogP contribution in [0.4, 0.5) is 0 Å². The molecule has 0 amide bonds. The first-order valence-electron chi connectivity index (χ1n) is 4.73. The Morgan fingerprint density at radius 2 is 2.24 bits per heavy atom. The molecule has 1 saturated heterocycles. The third-order valence-electron chi connectivity index (χ3n) is 2.33. The molecule has 1 aliphatic rings. The molecule has 1 unspecified atom stereocenters. The summed E-state index contributed by atoms with van der Waals surface area (Å²) in [5.41, 5.74) is 5.71. The number of rotatable bonds is 2. The third kappa shape index (κ3) is 2.60. The molecule has 0 aromatic carbocycles. The zero-order chi connectivity index (χ0) is 12.6. The van der Waals surface area contributed by atoms with Crippen molar-refractivity contribution < 1.29 is 13.2 Å². The first-order valence-corrected chi connectivity index (χ1v) is 7.74. The molecule has 1 aromatic rings. The number of thiophene rings is 1. The van der Waals surface area contributed by atoms with Crippen molar-refractivity contribution in [1.29, 1.82) is 0 Å². The minimum atomic E-state index is -3.70. The van der Waals surface area contributed by atoms with Crippen LogP contribution in [0.2, 0.25) is 8.67 Å². The second kappa shape index (κ2) is 5.00. The highest BCUT2D eigenvalue weighted by molar-refractivity contribution is 7.89. The van der Waals surface area contributed by atoms with Gasteiger partial charge in [0.1, 0.15) is 9.23 Å². The summed E-state index contributed by atoms with van der Waals surface area (Å²) in [6.45, 7) is 0.713. The molecular formula is C8H10Cl2N2O3S2. The highest BCUT2D eigenvalue weighted by Gasteiger charge is 2.34. The maximum Gasteiger partial charge on any atom is 0.246 e. The van der Waals surface area contributed by atoms with Crippen LogP contribution in [0.3, 0.4) is 0 Å². The van der Waals surface area contributed by atoms with Gasteiger partial charge in [-0.2, -0.15) is 4.31 Å². The molecular weight excluding hydrogens is 307 g/mol. The van der Waals surface area contributed by atoms with Crippen LogP contribution in [0.15, 0.2) is 11.0 Å². The number of sulfonamides is 1. The van der Waals surface area contributed by atoms with E-state index in [0.29, 0.717) is 10.9 Å². The highest BCUT2D eigenvalue weighted by Crippen LogP contribution is 2.36.